The molecule has 2 N–H and O–H groups in total. The summed E-state index contributed by atoms with van der Waals surface area (Å²) in [6, 6.07) is 6.77. The van der Waals surface area contributed by atoms with E-state index in [0.29, 0.717) is 11.8 Å². The van der Waals surface area contributed by atoms with Gasteiger partial charge in [0.15, 0.2) is 0 Å². The standard InChI is InChI=1S/C17H27NO/c1-12-9-10-15(17(19)11-12)14(3)18-16-8-6-4-5-7-13(16)2/h9-11,13-14,16,18-19H,4-8H2,1-3H3. The molecule has 0 amide bonds. The Kier molecular flexibility index (Phi) is 4.87. The molecule has 2 nitrogen and oxygen atoms in total. The molecule has 0 bridgehead atoms. The van der Waals surface area contributed by atoms with E-state index in [2.05, 4.69) is 25.2 Å². The molecule has 1 aromatic rings. The summed E-state index contributed by atoms with van der Waals surface area (Å²) in [6.07, 6.45) is 6.65. The summed E-state index contributed by atoms with van der Waals surface area (Å²) in [6.45, 7) is 6.52. The fourth-order valence-corrected chi connectivity index (χ4v) is 3.17. The van der Waals surface area contributed by atoms with Crippen LogP contribution in [0.5, 0.6) is 5.75 Å². The molecule has 1 aliphatic rings. The molecule has 2 rings (SSSR count). The molecule has 19 heavy (non-hydrogen) atoms. The van der Waals surface area contributed by atoms with Crippen molar-refractivity contribution in [1.82, 2.24) is 5.32 Å². The van der Waals surface area contributed by atoms with Gasteiger partial charge >= 0.3 is 0 Å². The molecule has 3 unspecified atom stereocenters. The zero-order chi connectivity index (χ0) is 13.8. The van der Waals surface area contributed by atoms with E-state index in [1.165, 1.54) is 32.1 Å². The lowest BCUT2D eigenvalue weighted by atomic mass is 9.95. The zero-order valence-electron chi connectivity index (χ0n) is 12.4. The Hall–Kier alpha value is -1.02. The van der Waals surface area contributed by atoms with Gasteiger partial charge in [0.05, 0.1) is 0 Å². The summed E-state index contributed by atoms with van der Waals surface area (Å²) in [5.74, 6) is 1.15. The number of phenolic OH excluding ortho intramolecular Hbond substituents is 1. The van der Waals surface area contributed by atoms with Crippen LogP contribution < -0.4 is 5.32 Å². The average Bonchev–Trinajstić information content (AvgIpc) is 2.55. The van der Waals surface area contributed by atoms with Gasteiger partial charge < -0.3 is 10.4 Å². The summed E-state index contributed by atoms with van der Waals surface area (Å²) in [7, 11) is 0. The number of hydrogen-bond acceptors (Lipinski definition) is 2. The van der Waals surface area contributed by atoms with Crippen LogP contribution in [0.1, 0.15) is 63.1 Å². The maximum atomic E-state index is 10.1. The van der Waals surface area contributed by atoms with Crippen LogP contribution in [-0.4, -0.2) is 11.1 Å². The Morgan fingerprint density at radius 1 is 1.21 bits per heavy atom. The number of nitrogens with one attached hydrogen (secondary N) is 1. The maximum absolute atomic E-state index is 10.1. The van der Waals surface area contributed by atoms with Gasteiger partial charge in [-0.05, 0) is 44.2 Å². The normalized spacial score (nSPS) is 25.8. The van der Waals surface area contributed by atoms with Crippen molar-refractivity contribution in [1.29, 1.82) is 0 Å². The lowest BCUT2D eigenvalue weighted by Crippen LogP contribution is -2.36. The van der Waals surface area contributed by atoms with E-state index < -0.39 is 0 Å². The van der Waals surface area contributed by atoms with E-state index in [1.54, 1.807) is 0 Å². The van der Waals surface area contributed by atoms with E-state index in [0.717, 1.165) is 17.0 Å². The molecule has 0 aromatic heterocycles. The summed E-state index contributed by atoms with van der Waals surface area (Å²) in [4.78, 5) is 0. The van der Waals surface area contributed by atoms with Gasteiger partial charge in [-0.15, -0.1) is 0 Å². The van der Waals surface area contributed by atoms with Crippen LogP contribution in [0.3, 0.4) is 0 Å². The molecule has 1 aromatic carbocycles. The van der Waals surface area contributed by atoms with Crippen molar-refractivity contribution in [2.75, 3.05) is 0 Å². The number of aromatic hydroxyl groups is 1. The highest BCUT2D eigenvalue weighted by molar-refractivity contribution is 5.37. The summed E-state index contributed by atoms with van der Waals surface area (Å²) in [5.41, 5.74) is 2.12. The Morgan fingerprint density at radius 3 is 2.68 bits per heavy atom. The van der Waals surface area contributed by atoms with Crippen molar-refractivity contribution >= 4 is 0 Å². The highest BCUT2D eigenvalue weighted by Gasteiger charge is 2.22. The van der Waals surface area contributed by atoms with E-state index in [4.69, 9.17) is 0 Å². The van der Waals surface area contributed by atoms with Crippen LogP contribution in [-0.2, 0) is 0 Å². The molecule has 0 spiro atoms. The second-order valence-corrected chi connectivity index (χ2v) is 6.17. The lowest BCUT2D eigenvalue weighted by molar-refractivity contribution is 0.326. The minimum Gasteiger partial charge on any atom is -0.508 e. The van der Waals surface area contributed by atoms with Crippen molar-refractivity contribution < 1.29 is 5.11 Å². The first-order valence-electron chi connectivity index (χ1n) is 7.63. The van der Waals surface area contributed by atoms with E-state index in [-0.39, 0.29) is 6.04 Å². The molecule has 1 saturated carbocycles. The van der Waals surface area contributed by atoms with Crippen molar-refractivity contribution in [3.05, 3.63) is 29.3 Å². The topological polar surface area (TPSA) is 32.3 Å². The van der Waals surface area contributed by atoms with Gasteiger partial charge in [0, 0.05) is 17.6 Å². The fourth-order valence-electron chi connectivity index (χ4n) is 3.17. The van der Waals surface area contributed by atoms with Crippen LogP contribution in [0.15, 0.2) is 18.2 Å². The van der Waals surface area contributed by atoms with Gasteiger partial charge in [-0.3, -0.25) is 0 Å². The third-order valence-electron chi connectivity index (χ3n) is 4.48. The molecule has 0 heterocycles. The predicted octanol–water partition coefficient (Wildman–Crippen LogP) is 4.32. The van der Waals surface area contributed by atoms with Crippen LogP contribution in [0.25, 0.3) is 0 Å². The highest BCUT2D eigenvalue weighted by atomic mass is 16.3. The number of hydrogen-bond donors (Lipinski definition) is 2. The lowest BCUT2D eigenvalue weighted by Gasteiger charge is -2.27. The molecular weight excluding hydrogens is 234 g/mol. The van der Waals surface area contributed by atoms with E-state index in [9.17, 15) is 5.11 Å². The Morgan fingerprint density at radius 2 is 1.95 bits per heavy atom. The second-order valence-electron chi connectivity index (χ2n) is 6.17. The third-order valence-corrected chi connectivity index (χ3v) is 4.48. The monoisotopic (exact) mass is 261 g/mol. The zero-order valence-corrected chi connectivity index (χ0v) is 12.4. The van der Waals surface area contributed by atoms with E-state index in [1.807, 2.05) is 19.1 Å². The van der Waals surface area contributed by atoms with Gasteiger partial charge in [-0.1, -0.05) is 38.3 Å². The number of phenols is 1. The summed E-state index contributed by atoms with van der Waals surface area (Å²) >= 11 is 0. The maximum Gasteiger partial charge on any atom is 0.120 e. The Labute approximate surface area is 117 Å². The first kappa shape index (κ1) is 14.4. The minimum atomic E-state index is 0.214. The summed E-state index contributed by atoms with van der Waals surface area (Å²) in [5, 5.41) is 13.8. The molecule has 0 saturated heterocycles. The van der Waals surface area contributed by atoms with Crippen molar-refractivity contribution in [3.63, 3.8) is 0 Å². The van der Waals surface area contributed by atoms with Crippen molar-refractivity contribution in [2.45, 2.75) is 65.0 Å². The smallest absolute Gasteiger partial charge is 0.120 e. The van der Waals surface area contributed by atoms with Gasteiger partial charge in [0.2, 0.25) is 0 Å². The molecular formula is C17H27NO. The SMILES string of the molecule is Cc1ccc(C(C)NC2CCCCCC2C)c(O)c1. The third kappa shape index (κ3) is 3.73. The van der Waals surface area contributed by atoms with Gasteiger partial charge in [0.1, 0.15) is 5.75 Å². The van der Waals surface area contributed by atoms with Crippen LogP contribution in [0.4, 0.5) is 0 Å². The molecule has 3 atom stereocenters. The minimum absolute atomic E-state index is 0.214. The number of aryl methyl sites for hydroxylation is 1. The van der Waals surface area contributed by atoms with Gasteiger partial charge in [-0.2, -0.15) is 0 Å². The van der Waals surface area contributed by atoms with Crippen LogP contribution in [0, 0.1) is 12.8 Å². The Bertz CT molecular complexity index is 416. The van der Waals surface area contributed by atoms with Crippen LogP contribution in [0.2, 0.25) is 0 Å². The molecule has 0 aliphatic heterocycles. The quantitative estimate of drug-likeness (QED) is 0.794. The van der Waals surface area contributed by atoms with E-state index >= 15 is 0 Å². The second kappa shape index (κ2) is 6.42. The van der Waals surface area contributed by atoms with Crippen molar-refractivity contribution in [3.8, 4) is 5.75 Å². The molecule has 1 fully saturated rings. The van der Waals surface area contributed by atoms with Gasteiger partial charge in [0.25, 0.3) is 0 Å². The number of rotatable bonds is 3. The van der Waals surface area contributed by atoms with Gasteiger partial charge in [-0.25, -0.2) is 0 Å². The largest absolute Gasteiger partial charge is 0.508 e. The first-order valence-corrected chi connectivity index (χ1v) is 7.63. The molecule has 2 heteroatoms. The molecule has 1 aliphatic carbocycles. The summed E-state index contributed by atoms with van der Waals surface area (Å²) < 4.78 is 0. The van der Waals surface area contributed by atoms with Crippen LogP contribution >= 0.6 is 0 Å². The molecule has 106 valence electrons. The highest BCUT2D eigenvalue weighted by Crippen LogP contribution is 2.29. The first-order chi connectivity index (χ1) is 9.08. The van der Waals surface area contributed by atoms with Crippen molar-refractivity contribution in [2.24, 2.45) is 5.92 Å². The number of benzene rings is 1. The Balaban J connectivity index is 2.04. The molecule has 0 radical (unpaired) electrons. The average molecular weight is 261 g/mol. The fraction of sp³-hybridized carbons (Fsp3) is 0.647. The predicted molar refractivity (Wildman–Crippen MR) is 80.4 cm³/mol.